The zero-order valence-electron chi connectivity index (χ0n) is 12.6. The number of carbonyl (C=O) groups is 1. The zero-order valence-corrected chi connectivity index (χ0v) is 13.4. The molecular formula is C16H20N4OS. The Morgan fingerprint density at radius 2 is 2.05 bits per heavy atom. The molecule has 1 fully saturated rings. The molecule has 1 aromatic heterocycles. The van der Waals surface area contributed by atoms with Gasteiger partial charge in [-0.15, -0.1) is 11.3 Å². The third-order valence-corrected chi connectivity index (χ3v) is 4.57. The molecule has 0 radical (unpaired) electrons. The van der Waals surface area contributed by atoms with Crippen LogP contribution in [-0.2, 0) is 4.79 Å². The van der Waals surface area contributed by atoms with Crippen LogP contribution in [-0.4, -0.2) is 37.1 Å². The second-order valence-corrected chi connectivity index (χ2v) is 6.07. The van der Waals surface area contributed by atoms with Crippen molar-refractivity contribution in [3.8, 4) is 11.3 Å². The van der Waals surface area contributed by atoms with E-state index in [1.165, 1.54) is 0 Å². The first-order valence-electron chi connectivity index (χ1n) is 7.58. The van der Waals surface area contributed by atoms with Gasteiger partial charge in [0, 0.05) is 49.2 Å². The second-order valence-electron chi connectivity index (χ2n) is 5.23. The molecule has 2 aromatic rings. The fraction of sp³-hybridized carbons (Fsp3) is 0.375. The van der Waals surface area contributed by atoms with Crippen LogP contribution in [0.25, 0.3) is 11.3 Å². The molecule has 1 amide bonds. The molecule has 1 aliphatic rings. The van der Waals surface area contributed by atoms with Crippen molar-refractivity contribution in [2.24, 2.45) is 0 Å². The molecule has 0 spiro atoms. The number of anilines is 2. The lowest BCUT2D eigenvalue weighted by Crippen LogP contribution is -2.43. The van der Waals surface area contributed by atoms with Gasteiger partial charge in [-0.2, -0.15) is 0 Å². The number of piperazine rings is 1. The molecule has 0 aliphatic carbocycles. The summed E-state index contributed by atoms with van der Waals surface area (Å²) >= 11 is 1.69. The predicted octanol–water partition coefficient (Wildman–Crippen LogP) is 2.57. The summed E-state index contributed by atoms with van der Waals surface area (Å²) in [6.07, 6.45) is 0.488. The molecule has 6 heteroatoms. The maximum absolute atomic E-state index is 11.4. The van der Waals surface area contributed by atoms with Crippen molar-refractivity contribution >= 4 is 28.1 Å². The molecule has 0 bridgehead atoms. The summed E-state index contributed by atoms with van der Waals surface area (Å²) in [5.41, 5.74) is 2.90. The van der Waals surface area contributed by atoms with E-state index in [4.69, 9.17) is 4.98 Å². The van der Waals surface area contributed by atoms with Gasteiger partial charge in [0.15, 0.2) is 5.13 Å². The molecule has 0 saturated carbocycles. The van der Waals surface area contributed by atoms with Crippen molar-refractivity contribution in [3.63, 3.8) is 0 Å². The number of hydrogen-bond acceptors (Lipinski definition) is 5. The summed E-state index contributed by atoms with van der Waals surface area (Å²) in [5, 5.41) is 9.38. The van der Waals surface area contributed by atoms with Crippen molar-refractivity contribution < 1.29 is 4.79 Å². The van der Waals surface area contributed by atoms with Gasteiger partial charge in [-0.1, -0.05) is 19.1 Å². The van der Waals surface area contributed by atoms with Crippen LogP contribution < -0.4 is 15.5 Å². The Balaban J connectivity index is 1.71. The molecule has 1 saturated heterocycles. The first-order valence-corrected chi connectivity index (χ1v) is 8.45. The highest BCUT2D eigenvalue weighted by Gasteiger charge is 2.14. The van der Waals surface area contributed by atoms with E-state index in [-0.39, 0.29) is 5.91 Å². The summed E-state index contributed by atoms with van der Waals surface area (Å²) in [7, 11) is 0. The minimum atomic E-state index is 0.0300. The average Bonchev–Trinajstić information content (AvgIpc) is 3.06. The number of aromatic nitrogens is 1. The van der Waals surface area contributed by atoms with E-state index in [2.05, 4.69) is 20.9 Å². The molecular weight excluding hydrogens is 296 g/mol. The van der Waals surface area contributed by atoms with Gasteiger partial charge >= 0.3 is 0 Å². The Bertz CT molecular complexity index is 632. The van der Waals surface area contributed by atoms with Gasteiger partial charge < -0.3 is 15.5 Å². The smallest absolute Gasteiger partial charge is 0.224 e. The zero-order chi connectivity index (χ0) is 15.4. The summed E-state index contributed by atoms with van der Waals surface area (Å²) < 4.78 is 0. The highest BCUT2D eigenvalue weighted by atomic mass is 32.1. The molecule has 0 atom stereocenters. The first-order chi connectivity index (χ1) is 10.8. The van der Waals surface area contributed by atoms with E-state index in [0.29, 0.717) is 6.42 Å². The van der Waals surface area contributed by atoms with Gasteiger partial charge in [0.25, 0.3) is 0 Å². The van der Waals surface area contributed by atoms with Crippen molar-refractivity contribution in [1.29, 1.82) is 0 Å². The summed E-state index contributed by atoms with van der Waals surface area (Å²) in [4.78, 5) is 18.4. The lowest BCUT2D eigenvalue weighted by molar-refractivity contribution is -0.115. The number of hydrogen-bond donors (Lipinski definition) is 2. The molecule has 5 nitrogen and oxygen atoms in total. The van der Waals surface area contributed by atoms with Gasteiger partial charge in [-0.25, -0.2) is 4.98 Å². The number of amides is 1. The molecule has 0 unspecified atom stereocenters. The van der Waals surface area contributed by atoms with Crippen LogP contribution >= 0.6 is 11.3 Å². The summed E-state index contributed by atoms with van der Waals surface area (Å²) in [6.45, 7) is 5.89. The van der Waals surface area contributed by atoms with Crippen molar-refractivity contribution in [2.75, 3.05) is 36.4 Å². The van der Waals surface area contributed by atoms with Crippen LogP contribution in [0.2, 0.25) is 0 Å². The molecule has 2 heterocycles. The highest BCUT2D eigenvalue weighted by molar-refractivity contribution is 7.14. The summed E-state index contributed by atoms with van der Waals surface area (Å²) in [6, 6.07) is 7.85. The molecule has 1 aliphatic heterocycles. The van der Waals surface area contributed by atoms with Gasteiger partial charge in [0.2, 0.25) is 5.91 Å². The Morgan fingerprint density at radius 3 is 2.73 bits per heavy atom. The Kier molecular flexibility index (Phi) is 4.70. The predicted molar refractivity (Wildman–Crippen MR) is 91.6 cm³/mol. The SMILES string of the molecule is CCC(=O)Nc1ccc(-c2csc(N3CCNCC3)n2)cc1. The molecule has 3 rings (SSSR count). The standard InChI is InChI=1S/C16H20N4OS/c1-2-15(21)18-13-5-3-12(4-6-13)14-11-22-16(19-14)20-9-7-17-8-10-20/h3-6,11,17H,2,7-10H2,1H3,(H,18,21). The molecule has 1 aromatic carbocycles. The van der Waals surface area contributed by atoms with Gasteiger partial charge in [-0.05, 0) is 12.1 Å². The lowest BCUT2D eigenvalue weighted by Gasteiger charge is -2.26. The quantitative estimate of drug-likeness (QED) is 0.910. The summed E-state index contributed by atoms with van der Waals surface area (Å²) in [5.74, 6) is 0.0300. The van der Waals surface area contributed by atoms with Crippen LogP contribution in [0.15, 0.2) is 29.6 Å². The van der Waals surface area contributed by atoms with E-state index in [9.17, 15) is 4.79 Å². The van der Waals surface area contributed by atoms with Crippen LogP contribution in [0.3, 0.4) is 0 Å². The van der Waals surface area contributed by atoms with E-state index < -0.39 is 0 Å². The number of nitrogens with zero attached hydrogens (tertiary/aromatic N) is 2. The lowest BCUT2D eigenvalue weighted by atomic mass is 10.1. The second kappa shape index (κ2) is 6.89. The third-order valence-electron chi connectivity index (χ3n) is 3.67. The van der Waals surface area contributed by atoms with Gasteiger partial charge in [0.05, 0.1) is 5.69 Å². The first kappa shape index (κ1) is 15.0. The number of benzene rings is 1. The normalized spacial score (nSPS) is 14.9. The fourth-order valence-electron chi connectivity index (χ4n) is 2.37. The van der Waals surface area contributed by atoms with Crippen LogP contribution in [0.4, 0.5) is 10.8 Å². The van der Waals surface area contributed by atoms with Crippen LogP contribution in [0.1, 0.15) is 13.3 Å². The number of rotatable bonds is 4. The Morgan fingerprint density at radius 1 is 1.32 bits per heavy atom. The van der Waals surface area contributed by atoms with E-state index >= 15 is 0 Å². The fourth-order valence-corrected chi connectivity index (χ4v) is 3.26. The maximum Gasteiger partial charge on any atom is 0.224 e. The number of thiazole rings is 1. The molecule has 116 valence electrons. The van der Waals surface area contributed by atoms with Crippen molar-refractivity contribution in [2.45, 2.75) is 13.3 Å². The number of nitrogens with one attached hydrogen (secondary N) is 2. The third kappa shape index (κ3) is 3.45. The largest absolute Gasteiger partial charge is 0.346 e. The molecule has 22 heavy (non-hydrogen) atoms. The van der Waals surface area contributed by atoms with E-state index in [1.807, 2.05) is 31.2 Å². The van der Waals surface area contributed by atoms with Crippen LogP contribution in [0.5, 0.6) is 0 Å². The minimum Gasteiger partial charge on any atom is -0.346 e. The van der Waals surface area contributed by atoms with Gasteiger partial charge in [0.1, 0.15) is 0 Å². The van der Waals surface area contributed by atoms with Gasteiger partial charge in [-0.3, -0.25) is 4.79 Å². The van der Waals surface area contributed by atoms with Crippen molar-refractivity contribution in [1.82, 2.24) is 10.3 Å². The number of carbonyl (C=O) groups excluding carboxylic acids is 1. The topological polar surface area (TPSA) is 57.3 Å². The van der Waals surface area contributed by atoms with Crippen LogP contribution in [0, 0.1) is 0 Å². The molecule has 2 N–H and O–H groups in total. The highest BCUT2D eigenvalue weighted by Crippen LogP contribution is 2.28. The Hall–Kier alpha value is -1.92. The van der Waals surface area contributed by atoms with Crippen molar-refractivity contribution in [3.05, 3.63) is 29.6 Å². The maximum atomic E-state index is 11.4. The van der Waals surface area contributed by atoms with E-state index in [1.54, 1.807) is 11.3 Å². The minimum absolute atomic E-state index is 0.0300. The van der Waals surface area contributed by atoms with E-state index in [0.717, 1.165) is 48.3 Å². The Labute approximate surface area is 134 Å². The monoisotopic (exact) mass is 316 g/mol. The average molecular weight is 316 g/mol.